The summed E-state index contributed by atoms with van der Waals surface area (Å²) in [6, 6.07) is -0.888. The molecule has 1 aliphatic heterocycles. The summed E-state index contributed by atoms with van der Waals surface area (Å²) in [6.45, 7) is 1.07. The zero-order valence-electron chi connectivity index (χ0n) is 10.4. The van der Waals surface area contributed by atoms with Crippen molar-refractivity contribution >= 4 is 18.2 Å². The van der Waals surface area contributed by atoms with Crippen molar-refractivity contribution < 1.29 is 9.59 Å². The predicted octanol–water partition coefficient (Wildman–Crippen LogP) is -1.44. The number of nitrogens with two attached hydrogens (primary N) is 3. The third kappa shape index (κ3) is 3.99. The van der Waals surface area contributed by atoms with Gasteiger partial charge in [0, 0.05) is 13.1 Å². The van der Waals surface area contributed by atoms with Crippen molar-refractivity contribution in [2.45, 2.75) is 37.8 Å². The molecule has 0 unspecified atom stereocenters. The van der Waals surface area contributed by atoms with Crippen molar-refractivity contribution in [3.63, 3.8) is 0 Å². The van der Waals surface area contributed by atoms with Crippen LogP contribution in [0.2, 0.25) is 0 Å². The van der Waals surface area contributed by atoms with Crippen LogP contribution >= 0.6 is 0 Å². The molecule has 0 saturated carbocycles. The van der Waals surface area contributed by atoms with Gasteiger partial charge in [0.05, 0.1) is 12.1 Å². The van der Waals surface area contributed by atoms with Gasteiger partial charge >= 0.3 is 0 Å². The lowest BCUT2D eigenvalue weighted by molar-refractivity contribution is -0.135. The van der Waals surface area contributed by atoms with E-state index in [9.17, 15) is 9.59 Å². The Kier molecular flexibility index (Phi) is 5.57. The summed E-state index contributed by atoms with van der Waals surface area (Å²) in [5.41, 5.74) is 16.2. The molecular formula is C11H21N5O2. The molecule has 0 radical (unpaired) electrons. The third-order valence-corrected chi connectivity index (χ3v) is 3.02. The SMILES string of the molecule is NC(N)=NCCC[C@H](N)C(=O)N1CCC[C@@H]1C=O. The monoisotopic (exact) mass is 255 g/mol. The molecule has 0 bridgehead atoms. The fourth-order valence-electron chi connectivity index (χ4n) is 2.06. The van der Waals surface area contributed by atoms with Gasteiger partial charge in [-0.2, -0.15) is 0 Å². The number of aliphatic imine (C=N–C) groups is 1. The van der Waals surface area contributed by atoms with E-state index in [1.165, 1.54) is 0 Å². The topological polar surface area (TPSA) is 128 Å². The lowest BCUT2D eigenvalue weighted by Crippen LogP contribution is -2.46. The van der Waals surface area contributed by atoms with Gasteiger partial charge in [-0.05, 0) is 25.7 Å². The van der Waals surface area contributed by atoms with Gasteiger partial charge in [-0.15, -0.1) is 0 Å². The van der Waals surface area contributed by atoms with Crippen molar-refractivity contribution in [1.82, 2.24) is 4.90 Å². The first-order chi connectivity index (χ1) is 8.56. The van der Waals surface area contributed by atoms with Gasteiger partial charge in [0.25, 0.3) is 0 Å². The maximum absolute atomic E-state index is 12.0. The molecule has 102 valence electrons. The van der Waals surface area contributed by atoms with Crippen LogP contribution in [-0.4, -0.2) is 48.2 Å². The highest BCUT2D eigenvalue weighted by molar-refractivity contribution is 5.84. The fraction of sp³-hybridized carbons (Fsp3) is 0.727. The first-order valence-electron chi connectivity index (χ1n) is 6.13. The molecule has 7 heteroatoms. The summed E-state index contributed by atoms with van der Waals surface area (Å²) >= 11 is 0. The molecule has 0 spiro atoms. The van der Waals surface area contributed by atoms with E-state index in [2.05, 4.69) is 4.99 Å². The van der Waals surface area contributed by atoms with E-state index in [4.69, 9.17) is 17.2 Å². The first-order valence-corrected chi connectivity index (χ1v) is 6.13. The molecule has 0 aromatic heterocycles. The van der Waals surface area contributed by atoms with Crippen LogP contribution in [0.4, 0.5) is 0 Å². The van der Waals surface area contributed by atoms with Gasteiger partial charge in [0.1, 0.15) is 6.29 Å². The average Bonchev–Trinajstić information content (AvgIpc) is 2.81. The van der Waals surface area contributed by atoms with Crippen molar-refractivity contribution in [3.8, 4) is 0 Å². The Morgan fingerprint density at radius 1 is 1.50 bits per heavy atom. The molecule has 1 aliphatic rings. The lowest BCUT2D eigenvalue weighted by Gasteiger charge is -2.23. The van der Waals surface area contributed by atoms with Crippen molar-refractivity contribution in [2.75, 3.05) is 13.1 Å². The zero-order chi connectivity index (χ0) is 13.5. The molecule has 1 saturated heterocycles. The maximum Gasteiger partial charge on any atom is 0.240 e. The molecule has 1 rings (SSSR count). The molecule has 7 nitrogen and oxygen atoms in total. The molecular weight excluding hydrogens is 234 g/mol. The number of rotatable bonds is 6. The standard InChI is InChI=1S/C11H21N5O2/c12-9(4-1-5-15-11(13)14)10(18)16-6-2-3-8(16)7-17/h7-9H,1-6,12H2,(H4,13,14,15)/t8-,9+/m1/s1. The van der Waals surface area contributed by atoms with Gasteiger partial charge in [-0.1, -0.05) is 0 Å². The minimum absolute atomic E-state index is 0.0375. The predicted molar refractivity (Wildman–Crippen MR) is 68.7 cm³/mol. The Balaban J connectivity index is 2.36. The molecule has 0 aromatic rings. The molecule has 6 N–H and O–H groups in total. The minimum Gasteiger partial charge on any atom is -0.370 e. The van der Waals surface area contributed by atoms with E-state index in [-0.39, 0.29) is 17.9 Å². The van der Waals surface area contributed by atoms with Crippen molar-refractivity contribution in [1.29, 1.82) is 0 Å². The lowest BCUT2D eigenvalue weighted by atomic mass is 10.1. The number of carbonyl (C=O) groups is 2. The highest BCUT2D eigenvalue weighted by Crippen LogP contribution is 2.16. The van der Waals surface area contributed by atoms with Gasteiger partial charge in [0.2, 0.25) is 5.91 Å². The molecule has 1 heterocycles. The van der Waals surface area contributed by atoms with E-state index >= 15 is 0 Å². The second kappa shape index (κ2) is 6.95. The normalized spacial score (nSPS) is 20.5. The van der Waals surface area contributed by atoms with Crippen LogP contribution in [0.15, 0.2) is 4.99 Å². The van der Waals surface area contributed by atoms with Crippen LogP contribution in [-0.2, 0) is 9.59 Å². The smallest absolute Gasteiger partial charge is 0.240 e. The largest absolute Gasteiger partial charge is 0.370 e. The second-order valence-corrected chi connectivity index (χ2v) is 4.43. The number of hydrogen-bond donors (Lipinski definition) is 3. The van der Waals surface area contributed by atoms with Gasteiger partial charge in [0.15, 0.2) is 5.96 Å². The summed E-state index contributed by atoms with van der Waals surface area (Å²) < 4.78 is 0. The highest BCUT2D eigenvalue weighted by Gasteiger charge is 2.30. The van der Waals surface area contributed by atoms with Crippen LogP contribution in [0.5, 0.6) is 0 Å². The molecule has 1 fully saturated rings. The molecule has 0 aliphatic carbocycles. The van der Waals surface area contributed by atoms with E-state index in [0.717, 1.165) is 19.1 Å². The zero-order valence-corrected chi connectivity index (χ0v) is 10.4. The van der Waals surface area contributed by atoms with E-state index in [1.54, 1.807) is 4.90 Å². The number of hydrogen-bond acceptors (Lipinski definition) is 4. The summed E-state index contributed by atoms with van der Waals surface area (Å²) in [5.74, 6) is -0.121. The summed E-state index contributed by atoms with van der Waals surface area (Å²) in [6.07, 6.45) is 3.56. The average molecular weight is 255 g/mol. The Labute approximate surface area is 106 Å². The van der Waals surface area contributed by atoms with Gasteiger partial charge < -0.3 is 26.9 Å². The number of carbonyl (C=O) groups excluding carboxylic acids is 2. The number of amides is 1. The van der Waals surface area contributed by atoms with Crippen LogP contribution in [0, 0.1) is 0 Å². The van der Waals surface area contributed by atoms with E-state index in [0.29, 0.717) is 25.9 Å². The van der Waals surface area contributed by atoms with Crippen molar-refractivity contribution in [3.05, 3.63) is 0 Å². The summed E-state index contributed by atoms with van der Waals surface area (Å²) in [7, 11) is 0. The van der Waals surface area contributed by atoms with Gasteiger partial charge in [-0.3, -0.25) is 9.79 Å². The number of guanidine groups is 1. The number of likely N-dealkylation sites (tertiary alicyclic amines) is 1. The highest BCUT2D eigenvalue weighted by atomic mass is 16.2. The van der Waals surface area contributed by atoms with Gasteiger partial charge in [-0.25, -0.2) is 0 Å². The first kappa shape index (κ1) is 14.4. The Bertz CT molecular complexity index is 327. The summed E-state index contributed by atoms with van der Waals surface area (Å²) in [5, 5.41) is 0. The Hall–Kier alpha value is -1.63. The Morgan fingerprint density at radius 2 is 2.22 bits per heavy atom. The third-order valence-electron chi connectivity index (χ3n) is 3.02. The summed E-state index contributed by atoms with van der Waals surface area (Å²) in [4.78, 5) is 28.2. The quantitative estimate of drug-likeness (QED) is 0.232. The van der Waals surface area contributed by atoms with Crippen molar-refractivity contribution in [2.24, 2.45) is 22.2 Å². The molecule has 2 atom stereocenters. The maximum atomic E-state index is 12.0. The Morgan fingerprint density at radius 3 is 2.83 bits per heavy atom. The second-order valence-electron chi connectivity index (χ2n) is 4.43. The molecule has 18 heavy (non-hydrogen) atoms. The van der Waals surface area contributed by atoms with E-state index < -0.39 is 6.04 Å². The fourth-order valence-corrected chi connectivity index (χ4v) is 2.06. The van der Waals surface area contributed by atoms with Crippen LogP contribution in [0.1, 0.15) is 25.7 Å². The molecule has 1 amide bonds. The van der Waals surface area contributed by atoms with Crippen LogP contribution in [0.3, 0.4) is 0 Å². The number of nitrogens with zero attached hydrogens (tertiary/aromatic N) is 2. The van der Waals surface area contributed by atoms with E-state index in [1.807, 2.05) is 0 Å². The minimum atomic E-state index is -0.584. The van der Waals surface area contributed by atoms with Crippen LogP contribution < -0.4 is 17.2 Å². The number of aldehydes is 1. The van der Waals surface area contributed by atoms with Crippen LogP contribution in [0.25, 0.3) is 0 Å². The molecule has 0 aromatic carbocycles.